The number of hydrogen-bond acceptors (Lipinski definition) is 5. The third kappa shape index (κ3) is 4.51. The first kappa shape index (κ1) is 15.9. The van der Waals surface area contributed by atoms with Crippen molar-refractivity contribution < 1.29 is 9.72 Å². The van der Waals surface area contributed by atoms with E-state index in [-0.39, 0.29) is 18.1 Å². The van der Waals surface area contributed by atoms with Crippen molar-refractivity contribution in [1.82, 2.24) is 4.90 Å². The van der Waals surface area contributed by atoms with Crippen LogP contribution >= 0.6 is 0 Å². The summed E-state index contributed by atoms with van der Waals surface area (Å²) in [5, 5.41) is 13.9. The van der Waals surface area contributed by atoms with Gasteiger partial charge in [-0.15, -0.1) is 0 Å². The molecule has 0 heterocycles. The molecule has 0 fully saturated rings. The lowest BCUT2D eigenvalue weighted by atomic mass is 10.1. The van der Waals surface area contributed by atoms with E-state index in [2.05, 4.69) is 5.32 Å². The second kappa shape index (κ2) is 7.44. The van der Waals surface area contributed by atoms with Crippen LogP contribution in [0, 0.1) is 10.1 Å². The van der Waals surface area contributed by atoms with Crippen molar-refractivity contribution >= 4 is 17.3 Å². The summed E-state index contributed by atoms with van der Waals surface area (Å²) >= 11 is 0. The van der Waals surface area contributed by atoms with E-state index in [1.165, 1.54) is 6.07 Å². The molecular weight excluding hydrogens is 260 g/mol. The molecule has 0 spiro atoms. The predicted molar refractivity (Wildman–Crippen MR) is 77.4 cm³/mol. The Hall–Kier alpha value is -2.15. The minimum absolute atomic E-state index is 0.0496. The third-order valence-electron chi connectivity index (χ3n) is 2.86. The molecule has 1 rings (SSSR count). The van der Waals surface area contributed by atoms with Gasteiger partial charge < -0.3 is 11.1 Å². The van der Waals surface area contributed by atoms with Crippen LogP contribution in [-0.2, 0) is 11.3 Å². The van der Waals surface area contributed by atoms with Gasteiger partial charge in [0.25, 0.3) is 5.69 Å². The van der Waals surface area contributed by atoms with Crippen LogP contribution in [0.25, 0.3) is 0 Å². The fourth-order valence-electron chi connectivity index (χ4n) is 1.93. The van der Waals surface area contributed by atoms with E-state index in [0.717, 1.165) is 5.56 Å². The number of amides is 1. The number of primary amides is 1. The standard InChI is InChI=1S/C13H20N4O3/c1-3-15-11-7-10(5-6-12(11)17(19)20)8-16(4-2)9-13(14)18/h5-7,15H,3-4,8-9H2,1-2H3,(H2,14,18). The first-order chi connectivity index (χ1) is 9.47. The molecule has 0 aromatic heterocycles. The van der Waals surface area contributed by atoms with Gasteiger partial charge in [0.1, 0.15) is 5.69 Å². The van der Waals surface area contributed by atoms with Gasteiger partial charge >= 0.3 is 0 Å². The van der Waals surface area contributed by atoms with Crippen LogP contribution in [0.1, 0.15) is 19.4 Å². The maximum Gasteiger partial charge on any atom is 0.292 e. The van der Waals surface area contributed by atoms with Gasteiger partial charge in [-0.05, 0) is 25.1 Å². The molecule has 0 atom stereocenters. The Morgan fingerprint density at radius 1 is 1.45 bits per heavy atom. The summed E-state index contributed by atoms with van der Waals surface area (Å²) in [4.78, 5) is 23.3. The van der Waals surface area contributed by atoms with Gasteiger partial charge in [-0.3, -0.25) is 19.8 Å². The Balaban J connectivity index is 2.93. The number of benzene rings is 1. The second-order valence-corrected chi connectivity index (χ2v) is 4.41. The van der Waals surface area contributed by atoms with E-state index in [4.69, 9.17) is 5.73 Å². The summed E-state index contributed by atoms with van der Waals surface area (Å²) in [5.74, 6) is -0.388. The molecule has 0 saturated heterocycles. The summed E-state index contributed by atoms with van der Waals surface area (Å²) in [6.07, 6.45) is 0. The van der Waals surface area contributed by atoms with Gasteiger partial charge in [-0.2, -0.15) is 0 Å². The molecule has 0 aliphatic heterocycles. The quantitative estimate of drug-likeness (QED) is 0.552. The maximum atomic E-state index is 11.0. The summed E-state index contributed by atoms with van der Waals surface area (Å²) in [6, 6.07) is 4.92. The zero-order valence-corrected chi connectivity index (χ0v) is 11.8. The van der Waals surface area contributed by atoms with Gasteiger partial charge in [0, 0.05) is 19.2 Å². The highest BCUT2D eigenvalue weighted by Gasteiger charge is 2.15. The number of nitrogens with two attached hydrogens (primary N) is 1. The number of carbonyl (C=O) groups is 1. The number of likely N-dealkylation sites (N-methyl/N-ethyl adjacent to an activating group) is 1. The highest BCUT2D eigenvalue weighted by molar-refractivity contribution is 5.75. The number of rotatable bonds is 8. The fraction of sp³-hybridized carbons (Fsp3) is 0.462. The van der Waals surface area contributed by atoms with Gasteiger partial charge in [-0.1, -0.05) is 13.0 Å². The zero-order chi connectivity index (χ0) is 15.1. The highest BCUT2D eigenvalue weighted by Crippen LogP contribution is 2.25. The average Bonchev–Trinajstić information content (AvgIpc) is 2.37. The topological polar surface area (TPSA) is 102 Å². The molecule has 0 aliphatic rings. The molecule has 0 saturated carbocycles. The number of anilines is 1. The summed E-state index contributed by atoms with van der Waals surface area (Å²) in [7, 11) is 0. The van der Waals surface area contributed by atoms with E-state index in [0.29, 0.717) is 25.3 Å². The molecule has 0 radical (unpaired) electrons. The molecule has 0 bridgehead atoms. The SMILES string of the molecule is CCNc1cc(CN(CC)CC(N)=O)ccc1[N+](=O)[O-]. The highest BCUT2D eigenvalue weighted by atomic mass is 16.6. The number of nitrogens with one attached hydrogen (secondary N) is 1. The van der Waals surface area contributed by atoms with Crippen LogP contribution in [0.4, 0.5) is 11.4 Å². The summed E-state index contributed by atoms with van der Waals surface area (Å²) in [6.45, 7) is 5.78. The Morgan fingerprint density at radius 3 is 2.65 bits per heavy atom. The van der Waals surface area contributed by atoms with E-state index in [9.17, 15) is 14.9 Å². The second-order valence-electron chi connectivity index (χ2n) is 4.41. The van der Waals surface area contributed by atoms with E-state index in [1.807, 2.05) is 18.7 Å². The molecule has 20 heavy (non-hydrogen) atoms. The molecule has 1 aromatic rings. The Labute approximate surface area is 117 Å². The van der Waals surface area contributed by atoms with Crippen LogP contribution in [0.2, 0.25) is 0 Å². The molecular formula is C13H20N4O3. The first-order valence-electron chi connectivity index (χ1n) is 6.49. The van der Waals surface area contributed by atoms with Crippen LogP contribution in [0.15, 0.2) is 18.2 Å². The molecule has 0 aliphatic carbocycles. The lowest BCUT2D eigenvalue weighted by Crippen LogP contribution is -2.33. The molecule has 7 nitrogen and oxygen atoms in total. The Kier molecular flexibility index (Phi) is 5.92. The van der Waals surface area contributed by atoms with Crippen LogP contribution in [-0.4, -0.2) is 35.4 Å². The normalized spacial score (nSPS) is 10.6. The van der Waals surface area contributed by atoms with Crippen molar-refractivity contribution in [3.05, 3.63) is 33.9 Å². The van der Waals surface area contributed by atoms with Crippen molar-refractivity contribution in [2.75, 3.05) is 25.0 Å². The van der Waals surface area contributed by atoms with Crippen LogP contribution in [0.5, 0.6) is 0 Å². The van der Waals surface area contributed by atoms with Gasteiger partial charge in [0.05, 0.1) is 11.5 Å². The van der Waals surface area contributed by atoms with Crippen LogP contribution in [0.3, 0.4) is 0 Å². The monoisotopic (exact) mass is 280 g/mol. The van der Waals surface area contributed by atoms with Gasteiger partial charge in [0.15, 0.2) is 0 Å². The van der Waals surface area contributed by atoms with Gasteiger partial charge in [0.2, 0.25) is 5.91 Å². The van der Waals surface area contributed by atoms with Gasteiger partial charge in [-0.25, -0.2) is 0 Å². The largest absolute Gasteiger partial charge is 0.380 e. The summed E-state index contributed by atoms with van der Waals surface area (Å²) < 4.78 is 0. The van der Waals surface area contributed by atoms with Crippen molar-refractivity contribution in [2.45, 2.75) is 20.4 Å². The third-order valence-corrected chi connectivity index (χ3v) is 2.86. The fourth-order valence-corrected chi connectivity index (χ4v) is 1.93. The van der Waals surface area contributed by atoms with E-state index < -0.39 is 4.92 Å². The van der Waals surface area contributed by atoms with Crippen molar-refractivity contribution in [1.29, 1.82) is 0 Å². The predicted octanol–water partition coefficient (Wildman–Crippen LogP) is 1.33. The lowest BCUT2D eigenvalue weighted by Gasteiger charge is -2.19. The average molecular weight is 280 g/mol. The zero-order valence-electron chi connectivity index (χ0n) is 11.8. The smallest absolute Gasteiger partial charge is 0.292 e. The molecule has 3 N–H and O–H groups in total. The Bertz CT molecular complexity index is 491. The van der Waals surface area contributed by atoms with E-state index in [1.54, 1.807) is 12.1 Å². The molecule has 110 valence electrons. The first-order valence-corrected chi connectivity index (χ1v) is 6.49. The maximum absolute atomic E-state index is 11.0. The van der Waals surface area contributed by atoms with Crippen LogP contribution < -0.4 is 11.1 Å². The minimum Gasteiger partial charge on any atom is -0.380 e. The van der Waals surface area contributed by atoms with E-state index >= 15 is 0 Å². The number of hydrogen-bond donors (Lipinski definition) is 2. The van der Waals surface area contributed by atoms with Crippen molar-refractivity contribution in [3.8, 4) is 0 Å². The molecule has 1 aromatic carbocycles. The lowest BCUT2D eigenvalue weighted by molar-refractivity contribution is -0.384. The molecule has 1 amide bonds. The number of nitro groups is 1. The molecule has 7 heteroatoms. The number of carbonyl (C=O) groups excluding carboxylic acids is 1. The minimum atomic E-state index is -0.414. The van der Waals surface area contributed by atoms with Crippen molar-refractivity contribution in [2.24, 2.45) is 5.73 Å². The molecule has 0 unspecified atom stereocenters. The summed E-state index contributed by atoms with van der Waals surface area (Å²) in [5.41, 5.74) is 6.62. The number of nitrogens with zero attached hydrogens (tertiary/aromatic N) is 2. The number of nitro benzene ring substituents is 1. The Morgan fingerprint density at radius 2 is 2.15 bits per heavy atom. The van der Waals surface area contributed by atoms with Crippen molar-refractivity contribution in [3.63, 3.8) is 0 Å².